The summed E-state index contributed by atoms with van der Waals surface area (Å²) in [4.78, 5) is 14.8. The number of benzene rings is 2. The Morgan fingerprint density at radius 3 is 2.21 bits per heavy atom. The fourth-order valence-electron chi connectivity index (χ4n) is 2.65. The number of carbonyl (C=O) groups is 1. The van der Waals surface area contributed by atoms with E-state index in [1.54, 1.807) is 18.2 Å². The summed E-state index contributed by atoms with van der Waals surface area (Å²) in [5.74, 6) is -7.04. The molecule has 1 heterocycles. The van der Waals surface area contributed by atoms with Crippen molar-refractivity contribution in [3.05, 3.63) is 94.3 Å². The summed E-state index contributed by atoms with van der Waals surface area (Å²) < 4.78 is 53.7. The number of nitrogens with zero attached hydrogens (tertiary/aromatic N) is 1. The van der Waals surface area contributed by atoms with Gasteiger partial charge in [0.25, 0.3) is 17.8 Å². The third-order valence-electron chi connectivity index (χ3n) is 4.23. The zero-order valence-corrected chi connectivity index (χ0v) is 15.4. The number of pyridine rings is 1. The lowest BCUT2D eigenvalue weighted by Gasteiger charge is -2.11. The molecule has 0 fully saturated rings. The standard InChI is InChI=1S/C21H17F4N3O/c1-12-5-7-13(8-6-12)10-27-21(29)15-4-2-3-14(9-15)11-26-18-16(22)19(24)28-20(25)17(18)23/h2-9H,10-11H2,1H3,(H,26,28)(H,27,29). The van der Waals surface area contributed by atoms with Gasteiger partial charge in [-0.25, -0.2) is 0 Å². The van der Waals surface area contributed by atoms with Gasteiger partial charge in [0.15, 0.2) is 0 Å². The molecule has 3 rings (SSSR count). The zero-order valence-electron chi connectivity index (χ0n) is 15.4. The van der Waals surface area contributed by atoms with Gasteiger partial charge in [0.1, 0.15) is 5.69 Å². The van der Waals surface area contributed by atoms with Gasteiger partial charge in [-0.15, -0.1) is 0 Å². The van der Waals surface area contributed by atoms with E-state index in [-0.39, 0.29) is 12.5 Å². The normalized spacial score (nSPS) is 10.7. The van der Waals surface area contributed by atoms with E-state index in [4.69, 9.17) is 0 Å². The molecular weight excluding hydrogens is 386 g/mol. The van der Waals surface area contributed by atoms with Gasteiger partial charge in [-0.05, 0) is 30.2 Å². The van der Waals surface area contributed by atoms with Crippen LogP contribution < -0.4 is 10.6 Å². The molecule has 1 aromatic heterocycles. The minimum atomic E-state index is -1.74. The van der Waals surface area contributed by atoms with Crippen LogP contribution in [0.15, 0.2) is 48.5 Å². The van der Waals surface area contributed by atoms with E-state index in [9.17, 15) is 22.4 Å². The van der Waals surface area contributed by atoms with Crippen LogP contribution in [0.2, 0.25) is 0 Å². The van der Waals surface area contributed by atoms with Gasteiger partial charge in [-0.3, -0.25) is 4.79 Å². The third kappa shape index (κ3) is 4.90. The predicted molar refractivity (Wildman–Crippen MR) is 100 cm³/mol. The molecule has 8 heteroatoms. The lowest BCUT2D eigenvalue weighted by molar-refractivity contribution is 0.0951. The van der Waals surface area contributed by atoms with E-state index in [0.717, 1.165) is 11.1 Å². The Labute approximate surface area is 164 Å². The van der Waals surface area contributed by atoms with Crippen LogP contribution in [-0.2, 0) is 13.1 Å². The molecule has 29 heavy (non-hydrogen) atoms. The van der Waals surface area contributed by atoms with Gasteiger partial charge >= 0.3 is 0 Å². The summed E-state index contributed by atoms with van der Waals surface area (Å²) >= 11 is 0. The summed E-state index contributed by atoms with van der Waals surface area (Å²) in [7, 11) is 0. The quantitative estimate of drug-likeness (QED) is 0.471. The second-order valence-electron chi connectivity index (χ2n) is 6.42. The molecule has 0 aliphatic heterocycles. The highest BCUT2D eigenvalue weighted by atomic mass is 19.2. The fraction of sp³-hybridized carbons (Fsp3) is 0.143. The number of hydrogen-bond acceptors (Lipinski definition) is 3. The third-order valence-corrected chi connectivity index (χ3v) is 4.23. The van der Waals surface area contributed by atoms with Crippen LogP contribution in [0.25, 0.3) is 0 Å². The van der Waals surface area contributed by atoms with Crippen LogP contribution in [0.1, 0.15) is 27.0 Å². The van der Waals surface area contributed by atoms with E-state index in [2.05, 4.69) is 15.6 Å². The Kier molecular flexibility index (Phi) is 6.11. The lowest BCUT2D eigenvalue weighted by atomic mass is 10.1. The predicted octanol–water partition coefficient (Wildman–Crippen LogP) is 4.49. The first-order chi connectivity index (χ1) is 13.8. The Morgan fingerprint density at radius 1 is 0.897 bits per heavy atom. The minimum absolute atomic E-state index is 0.157. The number of amides is 1. The first kappa shape index (κ1) is 20.3. The highest BCUT2D eigenvalue weighted by Gasteiger charge is 2.20. The first-order valence-corrected chi connectivity index (χ1v) is 8.71. The van der Waals surface area contributed by atoms with Crippen LogP contribution in [-0.4, -0.2) is 10.9 Å². The van der Waals surface area contributed by atoms with Crippen molar-refractivity contribution < 1.29 is 22.4 Å². The minimum Gasteiger partial charge on any atom is -0.376 e. The molecule has 0 saturated carbocycles. The maximum Gasteiger partial charge on any atom is 0.253 e. The average molecular weight is 403 g/mol. The fourth-order valence-corrected chi connectivity index (χ4v) is 2.65. The van der Waals surface area contributed by atoms with Crippen molar-refractivity contribution in [3.63, 3.8) is 0 Å². The van der Waals surface area contributed by atoms with E-state index in [1.807, 2.05) is 31.2 Å². The van der Waals surface area contributed by atoms with Gasteiger partial charge in [0, 0.05) is 18.7 Å². The summed E-state index contributed by atoms with van der Waals surface area (Å²) in [6, 6.07) is 14.0. The maximum atomic E-state index is 13.7. The van der Waals surface area contributed by atoms with E-state index >= 15 is 0 Å². The van der Waals surface area contributed by atoms with E-state index in [1.165, 1.54) is 6.07 Å². The molecule has 0 spiro atoms. The molecule has 2 N–H and O–H groups in total. The Balaban J connectivity index is 1.67. The van der Waals surface area contributed by atoms with Crippen molar-refractivity contribution in [2.75, 3.05) is 5.32 Å². The number of aryl methyl sites for hydroxylation is 1. The molecule has 4 nitrogen and oxygen atoms in total. The number of aromatic nitrogens is 1. The summed E-state index contributed by atoms with van der Waals surface area (Å²) in [5.41, 5.74) is 1.93. The second kappa shape index (κ2) is 8.72. The molecular formula is C21H17F4N3O. The van der Waals surface area contributed by atoms with Crippen LogP contribution >= 0.6 is 0 Å². The Bertz CT molecular complexity index is 1010. The van der Waals surface area contributed by atoms with Gasteiger partial charge < -0.3 is 10.6 Å². The molecule has 0 atom stereocenters. The van der Waals surface area contributed by atoms with Crippen LogP contribution in [0.4, 0.5) is 23.2 Å². The number of anilines is 1. The molecule has 0 radical (unpaired) electrons. The second-order valence-corrected chi connectivity index (χ2v) is 6.42. The summed E-state index contributed by atoms with van der Waals surface area (Å²) in [6.07, 6.45) is 0. The average Bonchev–Trinajstić information content (AvgIpc) is 2.72. The van der Waals surface area contributed by atoms with Gasteiger partial charge in [-0.1, -0.05) is 42.0 Å². The van der Waals surface area contributed by atoms with Crippen molar-refractivity contribution in [2.24, 2.45) is 0 Å². The monoisotopic (exact) mass is 403 g/mol. The van der Waals surface area contributed by atoms with Crippen molar-refractivity contribution in [1.82, 2.24) is 10.3 Å². The van der Waals surface area contributed by atoms with Crippen molar-refractivity contribution in [2.45, 2.75) is 20.0 Å². The molecule has 0 aliphatic rings. The van der Waals surface area contributed by atoms with Crippen molar-refractivity contribution in [3.8, 4) is 0 Å². The SMILES string of the molecule is Cc1ccc(CNC(=O)c2cccc(CNc3c(F)c(F)nc(F)c3F)c2)cc1. The van der Waals surface area contributed by atoms with Gasteiger partial charge in [0.2, 0.25) is 11.6 Å². The van der Waals surface area contributed by atoms with Crippen LogP contribution in [0.5, 0.6) is 0 Å². The maximum absolute atomic E-state index is 13.7. The van der Waals surface area contributed by atoms with E-state index in [0.29, 0.717) is 17.7 Å². The largest absolute Gasteiger partial charge is 0.376 e. The van der Waals surface area contributed by atoms with E-state index < -0.39 is 29.2 Å². The van der Waals surface area contributed by atoms with Crippen LogP contribution in [0, 0.1) is 30.5 Å². The lowest BCUT2D eigenvalue weighted by Crippen LogP contribution is -2.23. The number of carbonyl (C=O) groups excluding carboxylic acids is 1. The topological polar surface area (TPSA) is 54.0 Å². The first-order valence-electron chi connectivity index (χ1n) is 8.71. The molecule has 0 bridgehead atoms. The molecule has 3 aromatic rings. The number of nitrogens with one attached hydrogen (secondary N) is 2. The molecule has 0 unspecified atom stereocenters. The Morgan fingerprint density at radius 2 is 1.55 bits per heavy atom. The molecule has 0 aliphatic carbocycles. The summed E-state index contributed by atoms with van der Waals surface area (Å²) in [6.45, 7) is 2.15. The smallest absolute Gasteiger partial charge is 0.253 e. The van der Waals surface area contributed by atoms with Crippen molar-refractivity contribution >= 4 is 11.6 Å². The number of rotatable bonds is 6. The van der Waals surface area contributed by atoms with Crippen molar-refractivity contribution in [1.29, 1.82) is 0 Å². The zero-order chi connectivity index (χ0) is 21.0. The Hall–Kier alpha value is -3.42. The molecule has 150 valence electrons. The summed E-state index contributed by atoms with van der Waals surface area (Å²) in [5, 5.41) is 5.09. The van der Waals surface area contributed by atoms with Crippen LogP contribution in [0.3, 0.4) is 0 Å². The number of halogens is 4. The highest BCUT2D eigenvalue weighted by molar-refractivity contribution is 5.94. The molecule has 1 amide bonds. The van der Waals surface area contributed by atoms with Gasteiger partial charge in [0.05, 0.1) is 0 Å². The van der Waals surface area contributed by atoms with Gasteiger partial charge in [-0.2, -0.15) is 22.5 Å². The highest BCUT2D eigenvalue weighted by Crippen LogP contribution is 2.22. The number of hydrogen-bond donors (Lipinski definition) is 2. The molecule has 2 aromatic carbocycles. The molecule has 0 saturated heterocycles.